The Morgan fingerprint density at radius 1 is 1.37 bits per heavy atom. The molecule has 0 spiro atoms. The first-order valence-corrected chi connectivity index (χ1v) is 6.54. The van der Waals surface area contributed by atoms with Crippen LogP contribution in [0.5, 0.6) is 0 Å². The fourth-order valence-corrected chi connectivity index (χ4v) is 2.33. The monoisotopic (exact) mass is 264 g/mol. The summed E-state index contributed by atoms with van der Waals surface area (Å²) < 4.78 is 0. The van der Waals surface area contributed by atoms with Gasteiger partial charge in [-0.05, 0) is 24.9 Å². The number of carboxylic acid groups (broad SMARTS) is 1. The van der Waals surface area contributed by atoms with Gasteiger partial charge in [0, 0.05) is 19.6 Å². The molecular weight excluding hydrogens is 244 g/mol. The van der Waals surface area contributed by atoms with Gasteiger partial charge in [0.2, 0.25) is 0 Å². The van der Waals surface area contributed by atoms with Gasteiger partial charge < -0.3 is 20.4 Å². The number of hydrogen-bond donors (Lipinski definition) is 3. The van der Waals surface area contributed by atoms with E-state index in [4.69, 9.17) is 0 Å². The molecular formula is C14H20N2O3. The van der Waals surface area contributed by atoms with Crippen LogP contribution in [0.1, 0.15) is 18.4 Å². The normalized spacial score (nSPS) is 22.4. The lowest BCUT2D eigenvalue weighted by Gasteiger charge is -2.26. The molecule has 1 saturated heterocycles. The van der Waals surface area contributed by atoms with Gasteiger partial charge in [-0.3, -0.25) is 0 Å². The van der Waals surface area contributed by atoms with E-state index in [1.807, 2.05) is 30.3 Å². The van der Waals surface area contributed by atoms with Crippen molar-refractivity contribution >= 4 is 6.09 Å². The Morgan fingerprint density at radius 3 is 2.68 bits per heavy atom. The number of hydrogen-bond acceptors (Lipinski definition) is 3. The third-order valence-electron chi connectivity index (χ3n) is 3.56. The predicted octanol–water partition coefficient (Wildman–Crippen LogP) is 1.28. The Bertz CT molecular complexity index is 416. The van der Waals surface area contributed by atoms with E-state index in [1.165, 1.54) is 4.90 Å². The van der Waals surface area contributed by atoms with Crippen LogP contribution in [-0.2, 0) is 6.54 Å². The lowest BCUT2D eigenvalue weighted by atomic mass is 9.99. The molecule has 1 fully saturated rings. The van der Waals surface area contributed by atoms with Gasteiger partial charge in [0.15, 0.2) is 0 Å². The van der Waals surface area contributed by atoms with Crippen molar-refractivity contribution in [2.24, 2.45) is 0 Å². The largest absolute Gasteiger partial charge is 0.465 e. The maximum Gasteiger partial charge on any atom is 0.407 e. The average molecular weight is 264 g/mol. The molecule has 2 rings (SSSR count). The highest BCUT2D eigenvalue weighted by Crippen LogP contribution is 2.19. The highest BCUT2D eigenvalue weighted by atomic mass is 16.4. The first-order valence-electron chi connectivity index (χ1n) is 6.54. The van der Waals surface area contributed by atoms with Crippen LogP contribution in [0.2, 0.25) is 0 Å². The molecule has 0 saturated carbocycles. The molecule has 5 nitrogen and oxygen atoms in total. The molecule has 1 atom stereocenters. The van der Waals surface area contributed by atoms with Gasteiger partial charge in [0.25, 0.3) is 0 Å². The van der Waals surface area contributed by atoms with Gasteiger partial charge in [-0.2, -0.15) is 0 Å². The molecule has 1 amide bonds. The number of amides is 1. The third kappa shape index (κ3) is 3.94. The second-order valence-corrected chi connectivity index (χ2v) is 5.09. The molecule has 1 unspecified atom stereocenters. The second-order valence-electron chi connectivity index (χ2n) is 5.09. The summed E-state index contributed by atoms with van der Waals surface area (Å²) in [5.41, 5.74) is 0.200. The van der Waals surface area contributed by atoms with Gasteiger partial charge in [-0.1, -0.05) is 30.3 Å². The van der Waals surface area contributed by atoms with Crippen molar-refractivity contribution in [1.82, 2.24) is 10.2 Å². The van der Waals surface area contributed by atoms with Crippen molar-refractivity contribution < 1.29 is 15.0 Å². The van der Waals surface area contributed by atoms with Gasteiger partial charge in [-0.15, -0.1) is 0 Å². The molecule has 5 heteroatoms. The van der Waals surface area contributed by atoms with Crippen LogP contribution in [0.25, 0.3) is 0 Å². The number of nitrogens with zero attached hydrogens (tertiary/aromatic N) is 1. The summed E-state index contributed by atoms with van der Waals surface area (Å²) >= 11 is 0. The first-order chi connectivity index (χ1) is 9.09. The SMILES string of the molecule is O=C(O)N(CCC1(O)CCNC1)Cc1ccccc1. The van der Waals surface area contributed by atoms with E-state index in [0.29, 0.717) is 32.5 Å². The van der Waals surface area contributed by atoms with Crippen LogP contribution in [0.3, 0.4) is 0 Å². The van der Waals surface area contributed by atoms with E-state index in [-0.39, 0.29) is 0 Å². The highest BCUT2D eigenvalue weighted by molar-refractivity contribution is 5.65. The van der Waals surface area contributed by atoms with Crippen molar-refractivity contribution in [3.05, 3.63) is 35.9 Å². The third-order valence-corrected chi connectivity index (χ3v) is 3.56. The molecule has 0 aromatic heterocycles. The Morgan fingerprint density at radius 2 is 2.11 bits per heavy atom. The number of nitrogens with one attached hydrogen (secondary N) is 1. The Balaban J connectivity index is 1.91. The minimum atomic E-state index is -0.946. The van der Waals surface area contributed by atoms with Gasteiger partial charge in [-0.25, -0.2) is 4.79 Å². The zero-order valence-electron chi connectivity index (χ0n) is 10.9. The van der Waals surface area contributed by atoms with Crippen LogP contribution in [-0.4, -0.2) is 46.4 Å². The quantitative estimate of drug-likeness (QED) is 0.749. The molecule has 0 radical (unpaired) electrons. The van der Waals surface area contributed by atoms with E-state index in [0.717, 1.165) is 12.1 Å². The van der Waals surface area contributed by atoms with E-state index in [1.54, 1.807) is 0 Å². The minimum Gasteiger partial charge on any atom is -0.465 e. The fourth-order valence-electron chi connectivity index (χ4n) is 2.33. The van der Waals surface area contributed by atoms with Crippen molar-refractivity contribution in [1.29, 1.82) is 0 Å². The standard InChI is InChI=1S/C14H20N2O3/c17-13(18)16(10-12-4-2-1-3-5-12)9-7-14(19)6-8-15-11-14/h1-5,15,19H,6-11H2,(H,17,18). The van der Waals surface area contributed by atoms with Gasteiger partial charge in [0.1, 0.15) is 0 Å². The summed E-state index contributed by atoms with van der Waals surface area (Å²) in [6.45, 7) is 2.05. The fraction of sp³-hybridized carbons (Fsp3) is 0.500. The molecule has 104 valence electrons. The average Bonchev–Trinajstić information content (AvgIpc) is 2.83. The molecule has 1 aliphatic heterocycles. The second kappa shape index (κ2) is 6.04. The number of rotatable bonds is 5. The number of carbonyl (C=O) groups is 1. The lowest BCUT2D eigenvalue weighted by molar-refractivity contribution is 0.0402. The van der Waals surface area contributed by atoms with Crippen molar-refractivity contribution in [3.8, 4) is 0 Å². The smallest absolute Gasteiger partial charge is 0.407 e. The number of β-amino-alcohol motifs (C(OH)–C–C–N with tert-alkyl or cyclic N) is 1. The molecule has 1 heterocycles. The zero-order valence-corrected chi connectivity index (χ0v) is 10.9. The molecule has 1 aliphatic rings. The van der Waals surface area contributed by atoms with E-state index < -0.39 is 11.7 Å². The van der Waals surface area contributed by atoms with E-state index in [9.17, 15) is 15.0 Å². The molecule has 1 aromatic rings. The Labute approximate surface area is 112 Å². The first kappa shape index (κ1) is 13.8. The van der Waals surface area contributed by atoms with Crippen LogP contribution < -0.4 is 5.32 Å². The number of benzene rings is 1. The van der Waals surface area contributed by atoms with E-state index >= 15 is 0 Å². The summed E-state index contributed by atoms with van der Waals surface area (Å²) in [6, 6.07) is 9.50. The summed E-state index contributed by atoms with van der Waals surface area (Å²) in [5.74, 6) is 0. The lowest BCUT2D eigenvalue weighted by Crippen LogP contribution is -2.38. The van der Waals surface area contributed by atoms with Gasteiger partial charge in [0.05, 0.1) is 5.60 Å². The summed E-state index contributed by atoms with van der Waals surface area (Å²) in [6.07, 6.45) is 0.212. The summed E-state index contributed by atoms with van der Waals surface area (Å²) in [7, 11) is 0. The zero-order chi connectivity index (χ0) is 13.7. The van der Waals surface area contributed by atoms with Crippen molar-refractivity contribution in [2.75, 3.05) is 19.6 Å². The molecule has 0 aliphatic carbocycles. The minimum absolute atomic E-state index is 0.350. The van der Waals surface area contributed by atoms with Crippen LogP contribution in [0, 0.1) is 0 Å². The summed E-state index contributed by atoms with van der Waals surface area (Å²) in [5, 5.41) is 22.5. The molecule has 19 heavy (non-hydrogen) atoms. The van der Waals surface area contributed by atoms with Crippen LogP contribution >= 0.6 is 0 Å². The Kier molecular flexibility index (Phi) is 4.39. The number of aliphatic hydroxyl groups is 1. The van der Waals surface area contributed by atoms with Crippen LogP contribution in [0.15, 0.2) is 30.3 Å². The Hall–Kier alpha value is -1.59. The van der Waals surface area contributed by atoms with E-state index in [2.05, 4.69) is 5.32 Å². The highest BCUT2D eigenvalue weighted by Gasteiger charge is 2.31. The maximum absolute atomic E-state index is 11.2. The predicted molar refractivity (Wildman–Crippen MR) is 71.9 cm³/mol. The molecule has 0 bridgehead atoms. The molecule has 1 aromatic carbocycles. The van der Waals surface area contributed by atoms with Gasteiger partial charge >= 0.3 is 6.09 Å². The topological polar surface area (TPSA) is 72.8 Å². The summed E-state index contributed by atoms with van der Waals surface area (Å²) in [4.78, 5) is 12.6. The van der Waals surface area contributed by atoms with Crippen molar-refractivity contribution in [3.63, 3.8) is 0 Å². The van der Waals surface area contributed by atoms with Crippen molar-refractivity contribution in [2.45, 2.75) is 25.0 Å². The maximum atomic E-state index is 11.2. The molecule has 3 N–H and O–H groups in total. The van der Waals surface area contributed by atoms with Crippen LogP contribution in [0.4, 0.5) is 4.79 Å².